The van der Waals surface area contributed by atoms with Crippen LogP contribution in [0.2, 0.25) is 5.02 Å². The molecule has 0 fully saturated rings. The van der Waals surface area contributed by atoms with E-state index >= 15 is 0 Å². The van der Waals surface area contributed by atoms with E-state index in [4.69, 9.17) is 16.1 Å². The quantitative estimate of drug-likeness (QED) is 0.633. The molecular formula is C12H9ClN4OS3. The Morgan fingerprint density at radius 2 is 2.14 bits per heavy atom. The average Bonchev–Trinajstić information content (AvgIpc) is 3.14. The lowest BCUT2D eigenvalue weighted by molar-refractivity contribution is 0.391. The molecular weight excluding hydrogens is 348 g/mol. The Kier molecular flexibility index (Phi) is 4.79. The lowest BCUT2D eigenvalue weighted by atomic mass is 10.2. The summed E-state index contributed by atoms with van der Waals surface area (Å²) in [5.41, 5.74) is 0.836. The molecule has 2 aromatic heterocycles. The Hall–Kier alpha value is -1.09. The maximum Gasteiger partial charge on any atom is 0.237 e. The van der Waals surface area contributed by atoms with Gasteiger partial charge in [-0.3, -0.25) is 0 Å². The van der Waals surface area contributed by atoms with Crippen LogP contribution in [0.5, 0.6) is 0 Å². The average molecular weight is 357 g/mol. The summed E-state index contributed by atoms with van der Waals surface area (Å²) >= 11 is 10.6. The highest BCUT2D eigenvalue weighted by Crippen LogP contribution is 2.29. The standard InChI is InChI=1S/C12H9ClN4OS3/c1-19-11-15-16-12(21-11)20-6-9-14-10(17-18-9)7-3-2-4-8(13)5-7/h2-5H,6H2,1H3. The van der Waals surface area contributed by atoms with Gasteiger partial charge in [-0.2, -0.15) is 4.98 Å². The molecule has 108 valence electrons. The topological polar surface area (TPSA) is 64.7 Å². The van der Waals surface area contributed by atoms with E-state index in [0.717, 1.165) is 14.2 Å². The maximum absolute atomic E-state index is 5.95. The van der Waals surface area contributed by atoms with Gasteiger partial charge >= 0.3 is 0 Å². The summed E-state index contributed by atoms with van der Waals surface area (Å²) in [6.07, 6.45) is 1.98. The molecule has 0 amide bonds. The monoisotopic (exact) mass is 356 g/mol. The second-order valence-corrected chi connectivity index (χ2v) is 7.54. The predicted molar refractivity (Wildman–Crippen MR) is 86.0 cm³/mol. The zero-order valence-electron chi connectivity index (χ0n) is 10.8. The van der Waals surface area contributed by atoms with E-state index < -0.39 is 0 Å². The number of halogens is 1. The van der Waals surface area contributed by atoms with Crippen LogP contribution in [0.3, 0.4) is 0 Å². The SMILES string of the molecule is CSc1nnc(SCc2nc(-c3cccc(Cl)c3)no2)s1. The zero-order chi connectivity index (χ0) is 14.7. The molecule has 0 N–H and O–H groups in total. The van der Waals surface area contributed by atoms with Crippen molar-refractivity contribution in [2.24, 2.45) is 0 Å². The van der Waals surface area contributed by atoms with E-state index in [1.165, 1.54) is 11.8 Å². The number of hydrogen-bond donors (Lipinski definition) is 0. The third-order valence-electron chi connectivity index (χ3n) is 2.43. The van der Waals surface area contributed by atoms with Crippen molar-refractivity contribution in [3.63, 3.8) is 0 Å². The highest BCUT2D eigenvalue weighted by atomic mass is 35.5. The van der Waals surface area contributed by atoms with Crippen molar-refractivity contribution in [1.82, 2.24) is 20.3 Å². The fraction of sp³-hybridized carbons (Fsp3) is 0.167. The first-order chi connectivity index (χ1) is 10.2. The third-order valence-corrected chi connectivity index (χ3v) is 5.68. The smallest absolute Gasteiger partial charge is 0.237 e. The molecule has 9 heteroatoms. The summed E-state index contributed by atoms with van der Waals surface area (Å²) in [5, 5.41) is 12.7. The van der Waals surface area contributed by atoms with Gasteiger partial charge in [0.05, 0.1) is 5.75 Å². The van der Waals surface area contributed by atoms with E-state index in [1.807, 2.05) is 18.4 Å². The fourth-order valence-corrected chi connectivity index (χ4v) is 3.99. The lowest BCUT2D eigenvalue weighted by Gasteiger charge is -1.93. The first-order valence-electron chi connectivity index (χ1n) is 5.83. The Bertz CT molecular complexity index is 745. The number of aromatic nitrogens is 4. The zero-order valence-corrected chi connectivity index (χ0v) is 14.0. The summed E-state index contributed by atoms with van der Waals surface area (Å²) in [6.45, 7) is 0. The molecule has 0 atom stereocenters. The van der Waals surface area contributed by atoms with Crippen LogP contribution in [0.15, 0.2) is 37.5 Å². The van der Waals surface area contributed by atoms with Crippen LogP contribution >= 0.6 is 46.5 Å². The van der Waals surface area contributed by atoms with Crippen molar-refractivity contribution in [3.05, 3.63) is 35.2 Å². The highest BCUT2D eigenvalue weighted by molar-refractivity contribution is 8.02. The molecule has 0 aliphatic heterocycles. The van der Waals surface area contributed by atoms with Gasteiger partial charge in [0.25, 0.3) is 0 Å². The maximum atomic E-state index is 5.95. The van der Waals surface area contributed by atoms with Gasteiger partial charge in [-0.15, -0.1) is 10.2 Å². The van der Waals surface area contributed by atoms with E-state index in [0.29, 0.717) is 22.5 Å². The van der Waals surface area contributed by atoms with Gasteiger partial charge in [-0.1, -0.05) is 63.8 Å². The number of nitrogens with zero attached hydrogens (tertiary/aromatic N) is 4. The minimum atomic E-state index is 0.537. The predicted octanol–water partition coefficient (Wildman–Crippen LogP) is 4.26. The molecule has 0 aliphatic rings. The number of benzene rings is 1. The molecule has 5 nitrogen and oxygen atoms in total. The van der Waals surface area contributed by atoms with Crippen LogP contribution in [0.4, 0.5) is 0 Å². The van der Waals surface area contributed by atoms with Crippen molar-refractivity contribution in [1.29, 1.82) is 0 Å². The number of rotatable bonds is 5. The van der Waals surface area contributed by atoms with Crippen molar-refractivity contribution < 1.29 is 4.52 Å². The lowest BCUT2D eigenvalue weighted by Crippen LogP contribution is -1.83. The Labute approximate surface area is 138 Å². The molecule has 0 saturated carbocycles. The summed E-state index contributed by atoms with van der Waals surface area (Å²) in [7, 11) is 0. The van der Waals surface area contributed by atoms with Crippen LogP contribution in [0, 0.1) is 0 Å². The van der Waals surface area contributed by atoms with E-state index in [-0.39, 0.29) is 0 Å². The first kappa shape index (κ1) is 14.8. The summed E-state index contributed by atoms with van der Waals surface area (Å²) in [4.78, 5) is 4.36. The van der Waals surface area contributed by atoms with Crippen LogP contribution in [0.25, 0.3) is 11.4 Å². The van der Waals surface area contributed by atoms with Crippen molar-refractivity contribution in [2.45, 2.75) is 14.4 Å². The molecule has 3 rings (SSSR count). The van der Waals surface area contributed by atoms with E-state index in [9.17, 15) is 0 Å². The van der Waals surface area contributed by atoms with E-state index in [2.05, 4.69) is 20.3 Å². The molecule has 0 unspecified atom stereocenters. The molecule has 21 heavy (non-hydrogen) atoms. The van der Waals surface area contributed by atoms with Crippen molar-refractivity contribution >= 4 is 46.5 Å². The van der Waals surface area contributed by atoms with Gasteiger partial charge in [0, 0.05) is 10.6 Å². The first-order valence-corrected chi connectivity index (χ1v) is 9.24. The molecule has 0 saturated heterocycles. The Morgan fingerprint density at radius 3 is 2.90 bits per heavy atom. The molecule has 0 aliphatic carbocycles. The summed E-state index contributed by atoms with van der Waals surface area (Å²) in [6, 6.07) is 7.36. The minimum absolute atomic E-state index is 0.537. The Morgan fingerprint density at radius 1 is 1.29 bits per heavy atom. The van der Waals surface area contributed by atoms with Gasteiger partial charge in [0.2, 0.25) is 11.7 Å². The second kappa shape index (κ2) is 6.78. The van der Waals surface area contributed by atoms with Gasteiger partial charge in [-0.05, 0) is 18.4 Å². The van der Waals surface area contributed by atoms with Crippen LogP contribution in [-0.2, 0) is 5.75 Å². The van der Waals surface area contributed by atoms with E-state index in [1.54, 1.807) is 35.2 Å². The number of hydrogen-bond acceptors (Lipinski definition) is 8. The molecule has 1 aromatic carbocycles. The fourth-order valence-electron chi connectivity index (χ4n) is 1.52. The molecule has 2 heterocycles. The normalized spacial score (nSPS) is 11.0. The van der Waals surface area contributed by atoms with Crippen molar-refractivity contribution in [3.8, 4) is 11.4 Å². The van der Waals surface area contributed by atoms with Gasteiger partial charge in [0.15, 0.2) is 8.68 Å². The third kappa shape index (κ3) is 3.76. The van der Waals surface area contributed by atoms with Gasteiger partial charge in [-0.25, -0.2) is 0 Å². The minimum Gasteiger partial charge on any atom is -0.338 e. The van der Waals surface area contributed by atoms with Gasteiger partial charge < -0.3 is 4.52 Å². The van der Waals surface area contributed by atoms with Crippen LogP contribution in [-0.4, -0.2) is 26.6 Å². The van der Waals surface area contributed by atoms with Gasteiger partial charge in [0.1, 0.15) is 0 Å². The summed E-state index contributed by atoms with van der Waals surface area (Å²) in [5.74, 6) is 1.65. The molecule has 0 radical (unpaired) electrons. The molecule has 0 bridgehead atoms. The van der Waals surface area contributed by atoms with Crippen LogP contribution in [0.1, 0.15) is 5.89 Å². The van der Waals surface area contributed by atoms with Crippen LogP contribution < -0.4 is 0 Å². The largest absolute Gasteiger partial charge is 0.338 e. The molecule has 3 aromatic rings. The second-order valence-electron chi connectivity index (χ2n) is 3.85. The number of thioether (sulfide) groups is 2. The summed E-state index contributed by atoms with van der Waals surface area (Å²) < 4.78 is 7.08. The molecule has 0 spiro atoms. The highest BCUT2D eigenvalue weighted by Gasteiger charge is 2.11. The van der Waals surface area contributed by atoms with Crippen molar-refractivity contribution in [2.75, 3.05) is 6.26 Å². The Balaban J connectivity index is 1.67.